The van der Waals surface area contributed by atoms with Crippen molar-refractivity contribution in [2.24, 2.45) is 5.41 Å². The Kier molecular flexibility index (Phi) is 5.79. The van der Waals surface area contributed by atoms with Crippen LogP contribution in [0.2, 0.25) is 5.02 Å². The minimum Gasteiger partial charge on any atom is -0.474 e. The molecule has 0 saturated carbocycles. The highest BCUT2D eigenvalue weighted by molar-refractivity contribution is 7.92. The number of nitrogens with one attached hydrogen (secondary N) is 1. The Balaban J connectivity index is 1.68. The number of ether oxygens (including phenoxy) is 3. The van der Waals surface area contributed by atoms with E-state index in [9.17, 15) is 8.42 Å². The van der Waals surface area contributed by atoms with Crippen LogP contribution in [0.15, 0.2) is 53.4 Å². The molecule has 158 valence electrons. The van der Waals surface area contributed by atoms with E-state index in [2.05, 4.69) is 14.7 Å². The molecule has 3 aromatic rings. The van der Waals surface area contributed by atoms with Crippen molar-refractivity contribution in [3.05, 3.63) is 53.6 Å². The molecule has 1 fully saturated rings. The summed E-state index contributed by atoms with van der Waals surface area (Å²) in [6.07, 6.45) is 0. The highest BCUT2D eigenvalue weighted by Crippen LogP contribution is 2.30. The summed E-state index contributed by atoms with van der Waals surface area (Å²) in [7, 11) is -4.01. The lowest BCUT2D eigenvalue weighted by molar-refractivity contribution is -0.167. The number of rotatable bonds is 6. The molecule has 0 bridgehead atoms. The topological polar surface area (TPSA) is 99.6 Å². The third-order valence-corrected chi connectivity index (χ3v) is 6.36. The summed E-state index contributed by atoms with van der Waals surface area (Å²) in [6, 6.07) is 13.3. The number of sulfonamides is 1. The molecule has 0 radical (unpaired) electrons. The van der Waals surface area contributed by atoms with Gasteiger partial charge in [0.2, 0.25) is 5.82 Å². The van der Waals surface area contributed by atoms with Gasteiger partial charge in [-0.15, -0.1) is 0 Å². The van der Waals surface area contributed by atoms with Crippen LogP contribution < -0.4 is 9.46 Å². The van der Waals surface area contributed by atoms with E-state index in [1.54, 1.807) is 30.3 Å². The first-order valence-corrected chi connectivity index (χ1v) is 11.0. The number of anilines is 1. The molecular formula is C20H20ClN3O5S. The van der Waals surface area contributed by atoms with Crippen LogP contribution in [-0.2, 0) is 19.5 Å². The van der Waals surface area contributed by atoms with Crippen molar-refractivity contribution in [2.75, 3.05) is 31.3 Å². The van der Waals surface area contributed by atoms with Crippen LogP contribution in [0.3, 0.4) is 0 Å². The fourth-order valence-corrected chi connectivity index (χ4v) is 4.52. The first kappa shape index (κ1) is 20.8. The van der Waals surface area contributed by atoms with E-state index >= 15 is 0 Å². The Labute approximate surface area is 179 Å². The third kappa shape index (κ3) is 4.49. The van der Waals surface area contributed by atoms with Gasteiger partial charge < -0.3 is 14.2 Å². The van der Waals surface area contributed by atoms with Crippen LogP contribution in [-0.4, -0.2) is 45.0 Å². The van der Waals surface area contributed by atoms with Gasteiger partial charge in [0.25, 0.3) is 15.9 Å². The van der Waals surface area contributed by atoms with E-state index in [1.165, 1.54) is 12.1 Å². The van der Waals surface area contributed by atoms with Crippen molar-refractivity contribution >= 4 is 38.5 Å². The van der Waals surface area contributed by atoms with Crippen LogP contribution in [0.25, 0.3) is 11.0 Å². The molecule has 1 saturated heterocycles. The smallest absolute Gasteiger partial charge is 0.264 e. The zero-order valence-electron chi connectivity index (χ0n) is 16.2. The van der Waals surface area contributed by atoms with Crippen LogP contribution in [0.1, 0.15) is 6.92 Å². The van der Waals surface area contributed by atoms with Crippen molar-refractivity contribution < 1.29 is 22.6 Å². The molecule has 4 rings (SSSR count). The van der Waals surface area contributed by atoms with E-state index in [1.807, 2.05) is 13.0 Å². The number of hydrogen-bond acceptors (Lipinski definition) is 7. The van der Waals surface area contributed by atoms with Crippen LogP contribution in [0.4, 0.5) is 5.82 Å². The van der Waals surface area contributed by atoms with Gasteiger partial charge in [0, 0.05) is 5.41 Å². The van der Waals surface area contributed by atoms with Crippen molar-refractivity contribution in [1.82, 2.24) is 9.97 Å². The quantitative estimate of drug-likeness (QED) is 0.615. The Morgan fingerprint density at radius 3 is 2.40 bits per heavy atom. The molecule has 10 heteroatoms. The predicted molar refractivity (Wildman–Crippen MR) is 112 cm³/mol. The van der Waals surface area contributed by atoms with Crippen LogP contribution in [0.5, 0.6) is 5.88 Å². The van der Waals surface area contributed by atoms with Gasteiger partial charge in [0.05, 0.1) is 35.9 Å². The van der Waals surface area contributed by atoms with Crippen molar-refractivity contribution in [3.63, 3.8) is 0 Å². The molecule has 0 spiro atoms. The molecule has 1 N–H and O–H groups in total. The fourth-order valence-electron chi connectivity index (χ4n) is 3.00. The van der Waals surface area contributed by atoms with E-state index in [0.717, 1.165) is 0 Å². The van der Waals surface area contributed by atoms with Gasteiger partial charge in [-0.2, -0.15) is 0 Å². The summed E-state index contributed by atoms with van der Waals surface area (Å²) in [5.41, 5.74) is 0.705. The first-order valence-electron chi connectivity index (χ1n) is 9.19. The maximum absolute atomic E-state index is 12.9. The Bertz CT molecular complexity index is 1170. The molecule has 1 aromatic heterocycles. The van der Waals surface area contributed by atoms with Crippen LogP contribution in [0, 0.1) is 5.41 Å². The Morgan fingerprint density at radius 1 is 1.07 bits per heavy atom. The third-order valence-electron chi connectivity index (χ3n) is 4.52. The van der Waals surface area contributed by atoms with Gasteiger partial charge in [0.1, 0.15) is 11.7 Å². The number of fused-ring (bicyclic) bond motifs is 1. The maximum atomic E-state index is 12.9. The number of hydrogen-bond donors (Lipinski definition) is 1. The van der Waals surface area contributed by atoms with Gasteiger partial charge >= 0.3 is 0 Å². The highest BCUT2D eigenvalue weighted by Gasteiger charge is 2.31. The van der Waals surface area contributed by atoms with E-state index in [0.29, 0.717) is 24.2 Å². The van der Waals surface area contributed by atoms with Gasteiger partial charge in [-0.3, -0.25) is 4.72 Å². The predicted octanol–water partition coefficient (Wildman–Crippen LogP) is 3.47. The summed E-state index contributed by atoms with van der Waals surface area (Å²) in [5.74, 6) is 0.0472. The normalized spacial score (nSPS) is 16.3. The lowest BCUT2D eigenvalue weighted by Crippen LogP contribution is -2.39. The second-order valence-corrected chi connectivity index (χ2v) is 9.37. The molecule has 1 aliphatic heterocycles. The maximum Gasteiger partial charge on any atom is 0.264 e. The number of para-hydroxylation sites is 2. The molecule has 30 heavy (non-hydrogen) atoms. The molecular weight excluding hydrogens is 430 g/mol. The van der Waals surface area contributed by atoms with Gasteiger partial charge in [-0.05, 0) is 24.3 Å². The summed E-state index contributed by atoms with van der Waals surface area (Å²) in [4.78, 5) is 8.82. The number of aromatic nitrogens is 2. The lowest BCUT2D eigenvalue weighted by Gasteiger charge is -2.32. The van der Waals surface area contributed by atoms with Crippen LogP contribution >= 0.6 is 11.6 Å². The number of nitrogens with zero attached hydrogens (tertiary/aromatic N) is 2. The van der Waals surface area contributed by atoms with E-state index in [-0.39, 0.29) is 35.0 Å². The van der Waals surface area contributed by atoms with E-state index < -0.39 is 15.4 Å². The molecule has 0 aliphatic carbocycles. The lowest BCUT2D eigenvalue weighted by atomic mass is 9.94. The van der Waals surface area contributed by atoms with Gasteiger partial charge in [0.15, 0.2) is 0 Å². The molecule has 0 amide bonds. The molecule has 8 nitrogen and oxygen atoms in total. The second kappa shape index (κ2) is 8.35. The minimum atomic E-state index is -4.01. The molecule has 1 aliphatic rings. The Hall–Kier alpha value is -2.46. The zero-order chi connectivity index (χ0) is 21.2. The largest absolute Gasteiger partial charge is 0.474 e. The summed E-state index contributed by atoms with van der Waals surface area (Å²) < 4.78 is 44.9. The molecule has 2 aromatic carbocycles. The van der Waals surface area contributed by atoms with Crippen molar-refractivity contribution in [2.45, 2.75) is 11.8 Å². The first-order chi connectivity index (χ1) is 14.4. The highest BCUT2D eigenvalue weighted by atomic mass is 35.5. The standard InChI is InChI=1S/C20H20ClN3O5S/c1-20(10-27-13-28-11-20)12-29-19-18(22-15-7-3-4-8-16(15)23-19)24-30(25,26)17-9-5-2-6-14(17)21/h2-9H,10-13H2,1H3,(H,22,24). The average molecular weight is 450 g/mol. The summed E-state index contributed by atoms with van der Waals surface area (Å²) in [6.45, 7) is 3.31. The SMILES string of the molecule is CC1(COc2nc3ccccc3nc2NS(=O)(=O)c2ccccc2Cl)COCOC1. The fraction of sp³-hybridized carbons (Fsp3) is 0.300. The number of benzene rings is 2. The second-order valence-electron chi connectivity index (χ2n) is 7.32. The summed E-state index contributed by atoms with van der Waals surface area (Å²) in [5, 5.41) is 0.102. The average Bonchev–Trinajstić information content (AvgIpc) is 2.73. The summed E-state index contributed by atoms with van der Waals surface area (Å²) >= 11 is 6.08. The van der Waals surface area contributed by atoms with E-state index in [4.69, 9.17) is 25.8 Å². The van der Waals surface area contributed by atoms with Gasteiger partial charge in [-0.25, -0.2) is 18.4 Å². The van der Waals surface area contributed by atoms with Crippen molar-refractivity contribution in [1.29, 1.82) is 0 Å². The molecule has 0 atom stereocenters. The zero-order valence-corrected chi connectivity index (χ0v) is 17.7. The van der Waals surface area contributed by atoms with Crippen molar-refractivity contribution in [3.8, 4) is 5.88 Å². The minimum absolute atomic E-state index is 0.0186. The molecule has 2 heterocycles. The number of halogens is 1. The van der Waals surface area contributed by atoms with Gasteiger partial charge in [-0.1, -0.05) is 42.8 Å². The monoisotopic (exact) mass is 449 g/mol. The molecule has 0 unspecified atom stereocenters. The Morgan fingerprint density at radius 2 is 1.70 bits per heavy atom.